The Morgan fingerprint density at radius 3 is 2.89 bits per heavy atom. The summed E-state index contributed by atoms with van der Waals surface area (Å²) < 4.78 is 14.8. The fourth-order valence-electron chi connectivity index (χ4n) is 2.08. The number of halogens is 1. The number of carbonyl (C=O) groups excluding carboxylic acids is 1. The highest BCUT2D eigenvalue weighted by atomic mass is 19.1. The third-order valence-corrected chi connectivity index (χ3v) is 3.20. The third-order valence-electron chi connectivity index (χ3n) is 3.20. The summed E-state index contributed by atoms with van der Waals surface area (Å²) in [7, 11) is 0. The molecule has 1 aliphatic carbocycles. The number of nitrogens with one attached hydrogen (secondary N) is 1. The molecule has 0 radical (unpaired) electrons. The molecule has 3 rings (SSSR count). The Hall–Kier alpha value is -2.17. The van der Waals surface area contributed by atoms with E-state index in [2.05, 4.69) is 5.32 Å². The predicted octanol–water partition coefficient (Wildman–Crippen LogP) is 1.42. The molecule has 2 aromatic rings. The van der Waals surface area contributed by atoms with E-state index in [1.807, 2.05) is 0 Å². The molecule has 1 aromatic carbocycles. The molecule has 1 aromatic heterocycles. The molecule has 4 nitrogen and oxygen atoms in total. The van der Waals surface area contributed by atoms with E-state index in [1.54, 1.807) is 10.8 Å². The molecular formula is C14H13FN2O2. The normalized spacial score (nSPS) is 14.6. The van der Waals surface area contributed by atoms with Gasteiger partial charge in [0, 0.05) is 23.7 Å². The van der Waals surface area contributed by atoms with Crippen LogP contribution in [0.4, 0.5) is 4.39 Å². The molecule has 0 saturated heterocycles. The number of hydrogen-bond donors (Lipinski definition) is 1. The van der Waals surface area contributed by atoms with Crippen molar-refractivity contribution in [2.24, 2.45) is 0 Å². The van der Waals surface area contributed by atoms with Crippen molar-refractivity contribution in [1.29, 1.82) is 0 Å². The van der Waals surface area contributed by atoms with E-state index in [0.717, 1.165) is 12.8 Å². The number of pyridine rings is 1. The Kier molecular flexibility index (Phi) is 2.81. The first-order valence-electron chi connectivity index (χ1n) is 6.21. The van der Waals surface area contributed by atoms with Gasteiger partial charge in [-0.2, -0.15) is 0 Å². The van der Waals surface area contributed by atoms with Gasteiger partial charge in [0.25, 0.3) is 0 Å². The number of benzene rings is 1. The van der Waals surface area contributed by atoms with Gasteiger partial charge >= 0.3 is 0 Å². The van der Waals surface area contributed by atoms with Gasteiger partial charge in [0.2, 0.25) is 5.91 Å². The summed E-state index contributed by atoms with van der Waals surface area (Å²) in [6.07, 6.45) is 3.62. The molecule has 0 spiro atoms. The zero-order chi connectivity index (χ0) is 13.4. The molecule has 1 saturated carbocycles. The van der Waals surface area contributed by atoms with Crippen LogP contribution in [0.1, 0.15) is 12.8 Å². The van der Waals surface area contributed by atoms with Crippen LogP contribution in [0.25, 0.3) is 10.9 Å². The lowest BCUT2D eigenvalue weighted by Gasteiger charge is -2.10. The van der Waals surface area contributed by atoms with Gasteiger partial charge < -0.3 is 9.88 Å². The van der Waals surface area contributed by atoms with Crippen LogP contribution in [0.2, 0.25) is 0 Å². The van der Waals surface area contributed by atoms with E-state index in [0.29, 0.717) is 16.9 Å². The standard InChI is InChI=1S/C14H13FN2O2/c15-9-1-4-12-11(7-9)13(18)5-6-17(12)8-14(19)16-10-2-3-10/h1,4-7,10H,2-3,8H2,(H,16,19). The summed E-state index contributed by atoms with van der Waals surface area (Å²) >= 11 is 0. The topological polar surface area (TPSA) is 51.1 Å². The zero-order valence-electron chi connectivity index (χ0n) is 10.2. The van der Waals surface area contributed by atoms with E-state index < -0.39 is 5.82 Å². The SMILES string of the molecule is O=C(Cn1ccc(=O)c2cc(F)ccc21)NC1CC1. The molecule has 0 aliphatic heterocycles. The first kappa shape index (κ1) is 11.9. The monoisotopic (exact) mass is 260 g/mol. The molecule has 19 heavy (non-hydrogen) atoms. The van der Waals surface area contributed by atoms with E-state index in [4.69, 9.17) is 0 Å². The fourth-order valence-corrected chi connectivity index (χ4v) is 2.08. The quantitative estimate of drug-likeness (QED) is 0.907. The molecule has 1 amide bonds. The zero-order valence-corrected chi connectivity index (χ0v) is 10.2. The molecule has 0 atom stereocenters. The summed E-state index contributed by atoms with van der Waals surface area (Å²) in [5, 5.41) is 3.17. The summed E-state index contributed by atoms with van der Waals surface area (Å²) in [6.45, 7) is 0.138. The third kappa shape index (κ3) is 2.50. The van der Waals surface area contributed by atoms with Crippen molar-refractivity contribution in [3.8, 4) is 0 Å². The summed E-state index contributed by atoms with van der Waals surface area (Å²) in [4.78, 5) is 23.5. The van der Waals surface area contributed by atoms with Gasteiger partial charge in [0.05, 0.1) is 5.52 Å². The van der Waals surface area contributed by atoms with Gasteiger partial charge in [0.15, 0.2) is 5.43 Å². The Morgan fingerprint density at radius 1 is 1.37 bits per heavy atom. The van der Waals surface area contributed by atoms with Crippen LogP contribution < -0.4 is 10.7 Å². The summed E-state index contributed by atoms with van der Waals surface area (Å²) in [5.74, 6) is -0.540. The van der Waals surface area contributed by atoms with E-state index in [9.17, 15) is 14.0 Å². The van der Waals surface area contributed by atoms with Crippen LogP contribution >= 0.6 is 0 Å². The van der Waals surface area contributed by atoms with E-state index in [-0.39, 0.29) is 17.9 Å². The van der Waals surface area contributed by atoms with Crippen molar-refractivity contribution < 1.29 is 9.18 Å². The first-order chi connectivity index (χ1) is 9.13. The van der Waals surface area contributed by atoms with Crippen LogP contribution in [0.5, 0.6) is 0 Å². The second-order valence-electron chi connectivity index (χ2n) is 4.81. The second kappa shape index (κ2) is 4.50. The van der Waals surface area contributed by atoms with Crippen LogP contribution in [0.15, 0.2) is 35.3 Å². The average Bonchev–Trinajstić information content (AvgIpc) is 3.17. The Balaban J connectivity index is 1.96. The van der Waals surface area contributed by atoms with Gasteiger partial charge in [-0.15, -0.1) is 0 Å². The van der Waals surface area contributed by atoms with Crippen molar-refractivity contribution in [2.75, 3.05) is 0 Å². The molecule has 1 fully saturated rings. The van der Waals surface area contributed by atoms with Gasteiger partial charge in [-0.3, -0.25) is 9.59 Å². The van der Waals surface area contributed by atoms with E-state index in [1.165, 1.54) is 24.3 Å². The lowest BCUT2D eigenvalue weighted by molar-refractivity contribution is -0.121. The van der Waals surface area contributed by atoms with Crippen molar-refractivity contribution in [1.82, 2.24) is 9.88 Å². The molecule has 1 N–H and O–H groups in total. The number of amides is 1. The smallest absolute Gasteiger partial charge is 0.240 e. The summed E-state index contributed by atoms with van der Waals surface area (Å²) in [5.41, 5.74) is 0.327. The minimum Gasteiger partial charge on any atom is -0.352 e. The maximum Gasteiger partial charge on any atom is 0.240 e. The minimum absolute atomic E-state index is 0.0863. The second-order valence-corrected chi connectivity index (χ2v) is 4.81. The van der Waals surface area contributed by atoms with Crippen molar-refractivity contribution in [2.45, 2.75) is 25.4 Å². The number of aromatic nitrogens is 1. The largest absolute Gasteiger partial charge is 0.352 e. The van der Waals surface area contributed by atoms with Crippen molar-refractivity contribution in [3.63, 3.8) is 0 Å². The van der Waals surface area contributed by atoms with Gasteiger partial charge in [0.1, 0.15) is 12.4 Å². The number of carbonyl (C=O) groups is 1. The average molecular weight is 260 g/mol. The van der Waals surface area contributed by atoms with Gasteiger partial charge in [-0.05, 0) is 31.0 Å². The Labute approximate surface area is 108 Å². The van der Waals surface area contributed by atoms with Crippen LogP contribution in [0, 0.1) is 5.82 Å². The molecule has 1 aliphatic rings. The maximum absolute atomic E-state index is 13.2. The lowest BCUT2D eigenvalue weighted by atomic mass is 10.2. The van der Waals surface area contributed by atoms with Crippen LogP contribution in [-0.2, 0) is 11.3 Å². The molecular weight excluding hydrogens is 247 g/mol. The highest BCUT2D eigenvalue weighted by Gasteiger charge is 2.23. The molecule has 5 heteroatoms. The molecule has 1 heterocycles. The molecule has 98 valence electrons. The number of rotatable bonds is 3. The predicted molar refractivity (Wildman–Crippen MR) is 69.3 cm³/mol. The Morgan fingerprint density at radius 2 is 2.16 bits per heavy atom. The highest BCUT2D eigenvalue weighted by molar-refractivity contribution is 5.82. The van der Waals surface area contributed by atoms with E-state index >= 15 is 0 Å². The molecule has 0 unspecified atom stereocenters. The maximum atomic E-state index is 13.2. The summed E-state index contributed by atoms with van der Waals surface area (Å²) in [6, 6.07) is 5.67. The highest BCUT2D eigenvalue weighted by Crippen LogP contribution is 2.18. The van der Waals surface area contributed by atoms with Crippen LogP contribution in [0.3, 0.4) is 0 Å². The van der Waals surface area contributed by atoms with Crippen molar-refractivity contribution in [3.05, 3.63) is 46.5 Å². The number of hydrogen-bond acceptors (Lipinski definition) is 2. The number of nitrogens with zero attached hydrogens (tertiary/aromatic N) is 1. The first-order valence-corrected chi connectivity index (χ1v) is 6.21. The van der Waals surface area contributed by atoms with Gasteiger partial charge in [-0.25, -0.2) is 4.39 Å². The van der Waals surface area contributed by atoms with Crippen LogP contribution in [-0.4, -0.2) is 16.5 Å². The Bertz CT molecular complexity index is 704. The van der Waals surface area contributed by atoms with Gasteiger partial charge in [-0.1, -0.05) is 0 Å². The minimum atomic E-state index is -0.454. The molecule has 0 bridgehead atoms. The fraction of sp³-hybridized carbons (Fsp3) is 0.286. The lowest BCUT2D eigenvalue weighted by Crippen LogP contribution is -2.29. The van der Waals surface area contributed by atoms with Crippen molar-refractivity contribution >= 4 is 16.8 Å². The number of fused-ring (bicyclic) bond motifs is 1.